The number of nitrogens with one attached hydrogen (secondary N) is 1. The van der Waals surface area contributed by atoms with Crippen LogP contribution >= 0.6 is 11.6 Å². The first-order chi connectivity index (χ1) is 16.8. The molecule has 0 aliphatic rings. The van der Waals surface area contributed by atoms with E-state index in [2.05, 4.69) is 9.97 Å². The molecule has 0 amide bonds. The lowest BCUT2D eigenvalue weighted by atomic mass is 9.93. The van der Waals surface area contributed by atoms with Crippen LogP contribution in [0.3, 0.4) is 0 Å². The molecule has 0 bridgehead atoms. The zero-order chi connectivity index (χ0) is 25.1. The molecule has 3 aromatic heterocycles. The average molecular weight is 500 g/mol. The molecule has 10 heteroatoms. The van der Waals surface area contributed by atoms with Crippen molar-refractivity contribution in [1.29, 1.82) is 0 Å². The molecule has 1 aromatic carbocycles. The molecular formula is C25H23ClFN3O5. The highest BCUT2D eigenvalue weighted by Crippen LogP contribution is 2.36. The molecule has 0 spiro atoms. The first-order valence-electron chi connectivity index (χ1n) is 10.8. The summed E-state index contributed by atoms with van der Waals surface area (Å²) >= 11 is 5.90. The van der Waals surface area contributed by atoms with E-state index in [9.17, 15) is 19.1 Å². The second-order valence-electron chi connectivity index (χ2n) is 8.03. The van der Waals surface area contributed by atoms with E-state index in [0.29, 0.717) is 30.0 Å². The van der Waals surface area contributed by atoms with Gasteiger partial charge in [-0.25, -0.2) is 9.37 Å². The predicted octanol–water partition coefficient (Wildman–Crippen LogP) is 4.58. The van der Waals surface area contributed by atoms with Crippen LogP contribution in [0.25, 0.3) is 11.3 Å². The van der Waals surface area contributed by atoms with Gasteiger partial charge in [0.1, 0.15) is 23.1 Å². The Morgan fingerprint density at radius 1 is 1.31 bits per heavy atom. The zero-order valence-electron chi connectivity index (χ0n) is 19.0. The average Bonchev–Trinajstić information content (AvgIpc) is 3.52. The largest absolute Gasteiger partial charge is 0.507 e. The summed E-state index contributed by atoms with van der Waals surface area (Å²) in [6.07, 6.45) is 3.51. The van der Waals surface area contributed by atoms with Crippen molar-refractivity contribution in [2.75, 3.05) is 7.11 Å². The third kappa shape index (κ3) is 5.14. The van der Waals surface area contributed by atoms with Gasteiger partial charge in [-0.15, -0.1) is 0 Å². The lowest BCUT2D eigenvalue weighted by Crippen LogP contribution is -2.29. The fourth-order valence-corrected chi connectivity index (χ4v) is 4.15. The first-order valence-corrected chi connectivity index (χ1v) is 11.2. The van der Waals surface area contributed by atoms with Crippen LogP contribution in [-0.4, -0.2) is 32.7 Å². The highest BCUT2D eigenvalue weighted by Gasteiger charge is 2.29. The van der Waals surface area contributed by atoms with Crippen LogP contribution < -0.4 is 5.56 Å². The lowest BCUT2D eigenvalue weighted by molar-refractivity contribution is -0.140. The number of furan rings is 1. The number of carbonyl (C=O) groups excluding carboxylic acids is 1. The number of ether oxygens (including phenoxy) is 1. The number of aromatic amines is 1. The summed E-state index contributed by atoms with van der Waals surface area (Å²) in [5.41, 5.74) is 1.51. The SMILES string of the molecule is COC(=O)C[C@H](c1ccc(-c2ccc(F)c(Cl)c2)o1)c1c(O)cc(C)n(CCc2cnc[nH]2)c1=O. The van der Waals surface area contributed by atoms with E-state index in [-0.39, 0.29) is 28.5 Å². The highest BCUT2D eigenvalue weighted by atomic mass is 35.5. The zero-order valence-corrected chi connectivity index (χ0v) is 19.8. The Hall–Kier alpha value is -3.85. The van der Waals surface area contributed by atoms with Gasteiger partial charge in [0.2, 0.25) is 0 Å². The van der Waals surface area contributed by atoms with Crippen molar-refractivity contribution in [3.63, 3.8) is 0 Å². The summed E-state index contributed by atoms with van der Waals surface area (Å²) in [6, 6.07) is 8.86. The molecule has 2 N–H and O–H groups in total. The van der Waals surface area contributed by atoms with Gasteiger partial charge in [-0.3, -0.25) is 9.59 Å². The lowest BCUT2D eigenvalue weighted by Gasteiger charge is -2.18. The van der Waals surface area contributed by atoms with E-state index in [1.807, 2.05) is 0 Å². The number of aromatic nitrogens is 3. The number of imidazole rings is 1. The van der Waals surface area contributed by atoms with E-state index in [1.54, 1.807) is 31.6 Å². The molecular weight excluding hydrogens is 477 g/mol. The summed E-state index contributed by atoms with van der Waals surface area (Å²) in [7, 11) is 1.24. The number of methoxy groups -OCH3 is 1. The van der Waals surface area contributed by atoms with Gasteiger partial charge < -0.3 is 23.8 Å². The molecule has 0 unspecified atom stereocenters. The van der Waals surface area contributed by atoms with Crippen molar-refractivity contribution in [3.8, 4) is 17.1 Å². The summed E-state index contributed by atoms with van der Waals surface area (Å²) < 4.78 is 25.9. The monoisotopic (exact) mass is 499 g/mol. The first kappa shape index (κ1) is 24.3. The number of benzene rings is 1. The Morgan fingerprint density at radius 2 is 2.11 bits per heavy atom. The number of nitrogens with zero attached hydrogens (tertiary/aromatic N) is 2. The van der Waals surface area contributed by atoms with Crippen molar-refractivity contribution in [2.24, 2.45) is 0 Å². The molecule has 35 heavy (non-hydrogen) atoms. The van der Waals surface area contributed by atoms with Gasteiger partial charge in [-0.2, -0.15) is 0 Å². The summed E-state index contributed by atoms with van der Waals surface area (Å²) in [6.45, 7) is 2.05. The number of hydrogen-bond donors (Lipinski definition) is 2. The number of esters is 1. The molecule has 4 rings (SSSR count). The van der Waals surface area contributed by atoms with Crippen LogP contribution in [0.1, 0.15) is 35.1 Å². The Labute approximate surface area is 205 Å². The van der Waals surface area contributed by atoms with Crippen LogP contribution in [0.2, 0.25) is 5.02 Å². The molecule has 0 saturated carbocycles. The van der Waals surface area contributed by atoms with Crippen LogP contribution in [-0.2, 0) is 22.5 Å². The number of carbonyl (C=O) groups is 1. The van der Waals surface area contributed by atoms with Gasteiger partial charge >= 0.3 is 5.97 Å². The third-order valence-electron chi connectivity index (χ3n) is 5.80. The molecule has 0 fully saturated rings. The van der Waals surface area contributed by atoms with E-state index in [0.717, 1.165) is 5.69 Å². The molecule has 1 atom stereocenters. The normalized spacial score (nSPS) is 12.0. The van der Waals surface area contributed by atoms with Gasteiger partial charge in [0.05, 0.1) is 36.4 Å². The van der Waals surface area contributed by atoms with Gasteiger partial charge in [0, 0.05) is 36.1 Å². The van der Waals surface area contributed by atoms with Crippen molar-refractivity contribution in [3.05, 3.63) is 92.8 Å². The second-order valence-corrected chi connectivity index (χ2v) is 8.44. The van der Waals surface area contributed by atoms with Crippen LogP contribution in [0, 0.1) is 12.7 Å². The van der Waals surface area contributed by atoms with Crippen molar-refractivity contribution in [2.45, 2.75) is 32.2 Å². The summed E-state index contributed by atoms with van der Waals surface area (Å²) in [5.74, 6) is -1.68. The maximum absolute atomic E-state index is 13.6. The standard InChI is InChI=1S/C25H23ClFN3O5/c1-14-9-20(31)24(25(33)30(14)8-7-16-12-28-13-29-16)17(11-23(32)34-2)22-6-5-21(35-22)15-3-4-19(27)18(26)10-15/h3-6,9-10,12-13,17,31H,7-8,11H2,1-2H3,(H,28,29)/t17-/m1/s1. The quantitative estimate of drug-likeness (QED) is 0.343. The van der Waals surface area contributed by atoms with Gasteiger partial charge in [-0.05, 0) is 43.3 Å². The van der Waals surface area contributed by atoms with Crippen molar-refractivity contribution < 1.29 is 23.4 Å². The van der Waals surface area contributed by atoms with Crippen LogP contribution in [0.4, 0.5) is 4.39 Å². The molecule has 0 radical (unpaired) electrons. The molecule has 8 nitrogen and oxygen atoms in total. The summed E-state index contributed by atoms with van der Waals surface area (Å²) in [4.78, 5) is 32.8. The minimum atomic E-state index is -0.918. The third-order valence-corrected chi connectivity index (χ3v) is 6.09. The maximum atomic E-state index is 13.6. The smallest absolute Gasteiger partial charge is 0.306 e. The van der Waals surface area contributed by atoms with Gasteiger partial charge in [0.25, 0.3) is 5.56 Å². The Bertz CT molecular complexity index is 1410. The molecule has 3 heterocycles. The fourth-order valence-electron chi connectivity index (χ4n) is 3.97. The van der Waals surface area contributed by atoms with Crippen LogP contribution in [0.5, 0.6) is 5.75 Å². The maximum Gasteiger partial charge on any atom is 0.306 e. The molecule has 0 aliphatic carbocycles. The van der Waals surface area contributed by atoms with Crippen molar-refractivity contribution in [1.82, 2.24) is 14.5 Å². The molecule has 0 saturated heterocycles. The number of pyridine rings is 1. The number of H-pyrrole nitrogens is 1. The number of halogens is 2. The minimum Gasteiger partial charge on any atom is -0.507 e. The Kier molecular flexibility index (Phi) is 7.07. The second kappa shape index (κ2) is 10.2. The predicted molar refractivity (Wildman–Crippen MR) is 127 cm³/mol. The van der Waals surface area contributed by atoms with E-state index in [1.165, 1.54) is 35.9 Å². The van der Waals surface area contributed by atoms with E-state index < -0.39 is 23.3 Å². The minimum absolute atomic E-state index is 0.0173. The number of aryl methyl sites for hydroxylation is 2. The Balaban J connectivity index is 1.76. The van der Waals surface area contributed by atoms with E-state index >= 15 is 0 Å². The Morgan fingerprint density at radius 3 is 2.80 bits per heavy atom. The number of hydrogen-bond acceptors (Lipinski definition) is 6. The van der Waals surface area contributed by atoms with Crippen LogP contribution in [0.15, 0.2) is 58.1 Å². The number of rotatable bonds is 8. The molecule has 182 valence electrons. The highest BCUT2D eigenvalue weighted by molar-refractivity contribution is 6.31. The molecule has 0 aliphatic heterocycles. The summed E-state index contributed by atoms with van der Waals surface area (Å²) in [5, 5.41) is 10.7. The van der Waals surface area contributed by atoms with E-state index in [4.69, 9.17) is 20.8 Å². The van der Waals surface area contributed by atoms with Gasteiger partial charge in [-0.1, -0.05) is 11.6 Å². The number of aromatic hydroxyl groups is 1. The molecule has 4 aromatic rings. The van der Waals surface area contributed by atoms with Crippen molar-refractivity contribution >= 4 is 17.6 Å². The fraction of sp³-hybridized carbons (Fsp3) is 0.240. The van der Waals surface area contributed by atoms with Gasteiger partial charge in [0.15, 0.2) is 0 Å². The topological polar surface area (TPSA) is 110 Å².